The number of hydrogen-bond donors (Lipinski definition) is 1. The Morgan fingerprint density at radius 1 is 1.38 bits per heavy atom. The molecule has 0 atom stereocenters. The Morgan fingerprint density at radius 3 is 2.86 bits per heavy atom. The highest BCUT2D eigenvalue weighted by Gasteiger charge is 2.29. The minimum absolute atomic E-state index is 0.509. The number of rotatable bonds is 7. The maximum atomic E-state index is 4.94. The number of nitrogens with one attached hydrogen (secondary N) is 1. The van der Waals surface area contributed by atoms with Gasteiger partial charge in [-0.2, -0.15) is 0 Å². The Hall–Kier alpha value is -1.07. The molecular formula is C16H24N4S. The van der Waals surface area contributed by atoms with Gasteiger partial charge >= 0.3 is 0 Å². The third kappa shape index (κ3) is 2.81. The molecule has 4 rings (SSSR count). The van der Waals surface area contributed by atoms with Crippen LogP contribution < -0.4 is 10.2 Å². The lowest BCUT2D eigenvalue weighted by Gasteiger charge is -2.28. The zero-order valence-corrected chi connectivity index (χ0v) is 13.7. The van der Waals surface area contributed by atoms with Gasteiger partial charge in [0.2, 0.25) is 0 Å². The highest BCUT2D eigenvalue weighted by atomic mass is 32.1. The Bertz CT molecular complexity index is 621. The molecule has 114 valence electrons. The van der Waals surface area contributed by atoms with Crippen molar-refractivity contribution >= 4 is 22.1 Å². The number of nitrogens with zero attached hydrogens (tertiary/aromatic N) is 3. The van der Waals surface area contributed by atoms with Crippen LogP contribution >= 0.6 is 11.3 Å². The van der Waals surface area contributed by atoms with Crippen molar-refractivity contribution in [2.45, 2.75) is 58.2 Å². The topological polar surface area (TPSA) is 32.6 Å². The summed E-state index contributed by atoms with van der Waals surface area (Å²) < 4.78 is 2.28. The van der Waals surface area contributed by atoms with Crippen molar-refractivity contribution in [2.24, 2.45) is 5.92 Å². The molecule has 2 fully saturated rings. The number of fused-ring (bicyclic) bond motifs is 1. The van der Waals surface area contributed by atoms with Gasteiger partial charge in [0, 0.05) is 36.8 Å². The van der Waals surface area contributed by atoms with E-state index >= 15 is 0 Å². The third-order valence-corrected chi connectivity index (χ3v) is 5.28. The van der Waals surface area contributed by atoms with E-state index < -0.39 is 0 Å². The maximum Gasteiger partial charge on any atom is 0.195 e. The van der Waals surface area contributed by atoms with Crippen molar-refractivity contribution in [3.8, 4) is 0 Å². The number of anilines is 1. The minimum atomic E-state index is 0.509. The molecule has 0 spiro atoms. The number of aromatic nitrogens is 2. The monoisotopic (exact) mass is 304 g/mol. The Morgan fingerprint density at radius 2 is 2.19 bits per heavy atom. The normalized spacial score (nSPS) is 18.8. The van der Waals surface area contributed by atoms with Gasteiger partial charge in [-0.05, 0) is 45.4 Å². The number of hydrogen-bond acceptors (Lipinski definition) is 4. The molecule has 0 unspecified atom stereocenters. The quantitative estimate of drug-likeness (QED) is 0.852. The van der Waals surface area contributed by atoms with Crippen molar-refractivity contribution in [3.05, 3.63) is 17.3 Å². The van der Waals surface area contributed by atoms with Gasteiger partial charge < -0.3 is 10.2 Å². The van der Waals surface area contributed by atoms with Crippen LogP contribution in [0.1, 0.15) is 45.2 Å². The first-order valence-corrected chi connectivity index (χ1v) is 9.05. The van der Waals surface area contributed by atoms with Crippen LogP contribution in [0.4, 0.5) is 5.82 Å². The summed E-state index contributed by atoms with van der Waals surface area (Å²) in [5.74, 6) is 2.09. The predicted octanol–water partition coefficient (Wildman–Crippen LogP) is 3.27. The minimum Gasteiger partial charge on any atom is -0.352 e. The number of imidazole rings is 1. The summed E-state index contributed by atoms with van der Waals surface area (Å²) in [6, 6.07) is 1.24. The first-order valence-electron chi connectivity index (χ1n) is 8.17. The summed E-state index contributed by atoms with van der Waals surface area (Å²) in [6.45, 7) is 6.67. The fraction of sp³-hybridized carbons (Fsp3) is 0.688. The standard InChI is InChI=1S/C16H24N4S/c1-11(2)20(10-12-3-4-12)15-14(9-17-13-5-6-13)19-7-8-21-16(19)18-15/h7-8,11-13,17H,3-6,9-10H2,1-2H3. The Kier molecular flexibility index (Phi) is 3.42. The summed E-state index contributed by atoms with van der Waals surface area (Å²) in [7, 11) is 0. The lowest BCUT2D eigenvalue weighted by atomic mass is 10.2. The van der Waals surface area contributed by atoms with Crippen molar-refractivity contribution in [1.82, 2.24) is 14.7 Å². The smallest absolute Gasteiger partial charge is 0.195 e. The summed E-state index contributed by atoms with van der Waals surface area (Å²) in [5, 5.41) is 5.79. The van der Waals surface area contributed by atoms with Crippen LogP contribution in [0.15, 0.2) is 11.6 Å². The van der Waals surface area contributed by atoms with E-state index in [1.54, 1.807) is 11.3 Å². The molecule has 2 aromatic rings. The Labute approximate surface area is 130 Å². The molecule has 0 amide bonds. The van der Waals surface area contributed by atoms with Crippen LogP contribution in [0.25, 0.3) is 4.96 Å². The molecule has 0 bridgehead atoms. The maximum absolute atomic E-state index is 4.94. The van der Waals surface area contributed by atoms with Crippen LogP contribution in [-0.4, -0.2) is 28.0 Å². The van der Waals surface area contributed by atoms with E-state index in [0.717, 1.165) is 23.5 Å². The van der Waals surface area contributed by atoms with E-state index in [2.05, 4.69) is 40.0 Å². The van der Waals surface area contributed by atoms with Gasteiger partial charge in [-0.25, -0.2) is 4.98 Å². The zero-order chi connectivity index (χ0) is 14.4. The fourth-order valence-electron chi connectivity index (χ4n) is 2.86. The average Bonchev–Trinajstić information content (AvgIpc) is 3.35. The second-order valence-electron chi connectivity index (χ2n) is 6.78. The van der Waals surface area contributed by atoms with Crippen LogP contribution in [-0.2, 0) is 6.54 Å². The van der Waals surface area contributed by atoms with Gasteiger partial charge in [-0.15, -0.1) is 11.3 Å². The molecule has 2 aliphatic carbocycles. The first-order chi connectivity index (χ1) is 10.2. The molecule has 2 heterocycles. The van der Waals surface area contributed by atoms with Gasteiger partial charge in [0.25, 0.3) is 0 Å². The zero-order valence-electron chi connectivity index (χ0n) is 12.9. The van der Waals surface area contributed by atoms with Gasteiger partial charge in [-0.3, -0.25) is 4.40 Å². The highest BCUT2D eigenvalue weighted by Crippen LogP contribution is 2.34. The lowest BCUT2D eigenvalue weighted by molar-refractivity contribution is 0.622. The molecule has 0 saturated heterocycles. The molecule has 5 heteroatoms. The molecule has 0 aliphatic heterocycles. The van der Waals surface area contributed by atoms with Crippen LogP contribution in [0.2, 0.25) is 0 Å². The van der Waals surface area contributed by atoms with E-state index in [9.17, 15) is 0 Å². The Balaban J connectivity index is 1.66. The fourth-order valence-corrected chi connectivity index (χ4v) is 3.59. The highest BCUT2D eigenvalue weighted by molar-refractivity contribution is 7.15. The van der Waals surface area contributed by atoms with Crippen molar-refractivity contribution < 1.29 is 0 Å². The molecule has 4 nitrogen and oxygen atoms in total. The first kappa shape index (κ1) is 13.6. The molecule has 2 aliphatic rings. The van der Waals surface area contributed by atoms with Crippen molar-refractivity contribution in [3.63, 3.8) is 0 Å². The summed E-state index contributed by atoms with van der Waals surface area (Å²) in [6.07, 6.45) is 7.60. The molecule has 2 aromatic heterocycles. The molecule has 21 heavy (non-hydrogen) atoms. The molecule has 0 aromatic carbocycles. The van der Waals surface area contributed by atoms with Gasteiger partial charge in [0.05, 0.1) is 5.69 Å². The number of thiazole rings is 1. The van der Waals surface area contributed by atoms with Gasteiger partial charge in [-0.1, -0.05) is 0 Å². The van der Waals surface area contributed by atoms with E-state index in [1.165, 1.54) is 43.7 Å². The van der Waals surface area contributed by atoms with Crippen molar-refractivity contribution in [2.75, 3.05) is 11.4 Å². The second kappa shape index (κ2) is 5.29. The molecule has 2 saturated carbocycles. The van der Waals surface area contributed by atoms with Crippen LogP contribution in [0, 0.1) is 5.92 Å². The predicted molar refractivity (Wildman–Crippen MR) is 88.1 cm³/mol. The second-order valence-corrected chi connectivity index (χ2v) is 7.66. The lowest BCUT2D eigenvalue weighted by Crippen LogP contribution is -2.34. The van der Waals surface area contributed by atoms with E-state index in [-0.39, 0.29) is 0 Å². The van der Waals surface area contributed by atoms with Gasteiger partial charge in [0.15, 0.2) is 10.8 Å². The molecule has 1 N–H and O–H groups in total. The molecule has 0 radical (unpaired) electrons. The SMILES string of the molecule is CC(C)N(CC1CC1)c1nc2sccn2c1CNC1CC1. The molecular weight excluding hydrogens is 280 g/mol. The summed E-state index contributed by atoms with van der Waals surface area (Å²) in [5.41, 5.74) is 1.34. The third-order valence-electron chi connectivity index (χ3n) is 4.52. The van der Waals surface area contributed by atoms with E-state index in [4.69, 9.17) is 4.98 Å². The van der Waals surface area contributed by atoms with Crippen LogP contribution in [0.3, 0.4) is 0 Å². The van der Waals surface area contributed by atoms with Crippen LogP contribution in [0.5, 0.6) is 0 Å². The summed E-state index contributed by atoms with van der Waals surface area (Å²) >= 11 is 1.73. The average molecular weight is 304 g/mol. The van der Waals surface area contributed by atoms with E-state index in [1.807, 2.05) is 0 Å². The van der Waals surface area contributed by atoms with Crippen molar-refractivity contribution in [1.29, 1.82) is 0 Å². The van der Waals surface area contributed by atoms with E-state index in [0.29, 0.717) is 6.04 Å². The van der Waals surface area contributed by atoms with Gasteiger partial charge in [0.1, 0.15) is 0 Å². The summed E-state index contributed by atoms with van der Waals surface area (Å²) in [4.78, 5) is 8.58. The largest absolute Gasteiger partial charge is 0.352 e.